The number of rotatable bonds is 9. The molecule has 270 valence electrons. The predicted octanol–water partition coefficient (Wildman–Crippen LogP) is 14.1. The van der Waals surface area contributed by atoms with Gasteiger partial charge in [-0.25, -0.2) is 9.97 Å². The highest BCUT2D eigenvalue weighted by molar-refractivity contribution is 6.04. The van der Waals surface area contributed by atoms with Gasteiger partial charge in [0.05, 0.1) is 11.4 Å². The summed E-state index contributed by atoms with van der Waals surface area (Å²) in [4.78, 5) is 10.3. The van der Waals surface area contributed by atoms with E-state index in [9.17, 15) is 0 Å². The van der Waals surface area contributed by atoms with E-state index in [0.29, 0.717) is 5.82 Å². The van der Waals surface area contributed by atoms with Crippen molar-refractivity contribution in [2.24, 2.45) is 0 Å². The van der Waals surface area contributed by atoms with Crippen molar-refractivity contribution >= 4 is 11.1 Å². The molecule has 1 heterocycles. The van der Waals surface area contributed by atoms with Crippen LogP contribution in [-0.2, 0) is 0 Å². The van der Waals surface area contributed by atoms with Gasteiger partial charge >= 0.3 is 0 Å². The lowest BCUT2D eigenvalue weighted by molar-refractivity contribution is 1.18. The van der Waals surface area contributed by atoms with Crippen molar-refractivity contribution in [3.05, 3.63) is 252 Å². The Morgan fingerprint density at radius 1 is 0.281 bits per heavy atom. The molecule has 0 fully saturated rings. The SMILES string of the molecule is Cc1cccc(-c2cc(-c3ccc(C(=C(c4ccccc4)c4ccccc4)c4ccccc4)cc3)cc(-c3cc(-c4ccccc4)nc(-c4ccccc4)n3)c2)c1. The van der Waals surface area contributed by atoms with Crippen LogP contribution >= 0.6 is 0 Å². The van der Waals surface area contributed by atoms with Crippen molar-refractivity contribution < 1.29 is 0 Å². The average Bonchev–Trinajstić information content (AvgIpc) is 3.29. The molecule has 2 heteroatoms. The zero-order valence-corrected chi connectivity index (χ0v) is 31.8. The van der Waals surface area contributed by atoms with Crippen molar-refractivity contribution in [1.29, 1.82) is 0 Å². The summed E-state index contributed by atoms with van der Waals surface area (Å²) in [6, 6.07) is 79.5. The Hall–Kier alpha value is -7.42. The maximum Gasteiger partial charge on any atom is 0.160 e. The van der Waals surface area contributed by atoms with Crippen LogP contribution in [0, 0.1) is 6.92 Å². The Labute approximate surface area is 335 Å². The Balaban J connectivity index is 1.22. The highest BCUT2D eigenvalue weighted by atomic mass is 14.9. The van der Waals surface area contributed by atoms with Gasteiger partial charge in [-0.3, -0.25) is 0 Å². The fourth-order valence-corrected chi connectivity index (χ4v) is 7.56. The van der Waals surface area contributed by atoms with Crippen LogP contribution in [0.3, 0.4) is 0 Å². The molecule has 0 unspecified atom stereocenters. The first kappa shape index (κ1) is 35.3. The highest BCUT2D eigenvalue weighted by Gasteiger charge is 2.18. The maximum absolute atomic E-state index is 5.22. The summed E-state index contributed by atoms with van der Waals surface area (Å²) in [5.41, 5.74) is 17.7. The fourth-order valence-electron chi connectivity index (χ4n) is 7.56. The van der Waals surface area contributed by atoms with Gasteiger partial charge in [0.15, 0.2) is 5.82 Å². The molecule has 0 bridgehead atoms. The predicted molar refractivity (Wildman–Crippen MR) is 238 cm³/mol. The molecule has 0 atom stereocenters. The quantitative estimate of drug-likeness (QED) is 0.138. The topological polar surface area (TPSA) is 25.8 Å². The molecule has 0 spiro atoms. The number of hydrogen-bond donors (Lipinski definition) is 0. The molecule has 57 heavy (non-hydrogen) atoms. The number of hydrogen-bond acceptors (Lipinski definition) is 2. The molecule has 0 amide bonds. The first-order valence-electron chi connectivity index (χ1n) is 19.4. The lowest BCUT2D eigenvalue weighted by atomic mass is 9.85. The summed E-state index contributed by atoms with van der Waals surface area (Å²) in [5.74, 6) is 0.701. The van der Waals surface area contributed by atoms with E-state index >= 15 is 0 Å². The summed E-state index contributed by atoms with van der Waals surface area (Å²) in [6.45, 7) is 2.15. The normalized spacial score (nSPS) is 10.9. The van der Waals surface area contributed by atoms with Crippen molar-refractivity contribution in [2.45, 2.75) is 6.92 Å². The van der Waals surface area contributed by atoms with E-state index < -0.39 is 0 Å². The van der Waals surface area contributed by atoms with Gasteiger partial charge < -0.3 is 0 Å². The molecule has 9 rings (SSSR count). The first-order valence-corrected chi connectivity index (χ1v) is 19.4. The lowest BCUT2D eigenvalue weighted by Gasteiger charge is -2.18. The van der Waals surface area contributed by atoms with Gasteiger partial charge in [-0.05, 0) is 86.8 Å². The molecule has 9 aromatic rings. The molecule has 0 saturated carbocycles. The fraction of sp³-hybridized carbons (Fsp3) is 0.0182. The van der Waals surface area contributed by atoms with E-state index in [2.05, 4.69) is 207 Å². The van der Waals surface area contributed by atoms with E-state index in [1.165, 1.54) is 39.0 Å². The van der Waals surface area contributed by atoms with Crippen molar-refractivity contribution in [1.82, 2.24) is 9.97 Å². The second-order valence-corrected chi connectivity index (χ2v) is 14.3. The van der Waals surface area contributed by atoms with Gasteiger partial charge in [-0.1, -0.05) is 206 Å². The molecule has 8 aromatic carbocycles. The van der Waals surface area contributed by atoms with Crippen LogP contribution in [0.25, 0.3) is 67.3 Å². The van der Waals surface area contributed by atoms with Crippen molar-refractivity contribution in [3.63, 3.8) is 0 Å². The van der Waals surface area contributed by atoms with Gasteiger partial charge in [0.1, 0.15) is 0 Å². The van der Waals surface area contributed by atoms with Gasteiger partial charge in [0.25, 0.3) is 0 Å². The van der Waals surface area contributed by atoms with Crippen LogP contribution in [0.1, 0.15) is 27.8 Å². The van der Waals surface area contributed by atoms with E-state index in [4.69, 9.17) is 9.97 Å². The molecule has 0 saturated heterocycles. The van der Waals surface area contributed by atoms with Crippen LogP contribution in [0.2, 0.25) is 0 Å². The Kier molecular flexibility index (Phi) is 9.99. The van der Waals surface area contributed by atoms with Crippen LogP contribution in [0.4, 0.5) is 0 Å². The number of benzene rings is 8. The standard InChI is InChI=1S/C55H40N2/c1-39-18-17-29-47(34-39)49-35-48(36-50(37-49)52-38-51(41-19-7-2-8-20-41)56-55(57-52)46-27-15-6-16-28-46)40-30-32-45(33-31-40)54(44-25-13-5-14-26-44)53(42-21-9-3-10-22-42)43-23-11-4-12-24-43/h2-38H,1H3. The molecular formula is C55H40N2. The molecule has 0 aliphatic rings. The van der Waals surface area contributed by atoms with Gasteiger partial charge in [0, 0.05) is 16.7 Å². The summed E-state index contributed by atoms with van der Waals surface area (Å²) in [6.07, 6.45) is 0. The minimum Gasteiger partial charge on any atom is -0.228 e. The molecule has 0 aliphatic carbocycles. The smallest absolute Gasteiger partial charge is 0.160 e. The van der Waals surface area contributed by atoms with E-state index in [0.717, 1.165) is 50.3 Å². The maximum atomic E-state index is 5.22. The summed E-state index contributed by atoms with van der Waals surface area (Å²) < 4.78 is 0. The zero-order chi connectivity index (χ0) is 38.4. The molecule has 0 radical (unpaired) electrons. The summed E-state index contributed by atoms with van der Waals surface area (Å²) in [5, 5.41) is 0. The van der Waals surface area contributed by atoms with Crippen LogP contribution in [0.15, 0.2) is 224 Å². The van der Waals surface area contributed by atoms with Crippen LogP contribution < -0.4 is 0 Å². The largest absolute Gasteiger partial charge is 0.228 e. The minimum absolute atomic E-state index is 0.701. The zero-order valence-electron chi connectivity index (χ0n) is 31.8. The molecule has 0 N–H and O–H groups in total. The van der Waals surface area contributed by atoms with E-state index in [-0.39, 0.29) is 0 Å². The first-order chi connectivity index (χ1) is 28.2. The van der Waals surface area contributed by atoms with E-state index in [1.807, 2.05) is 24.3 Å². The third-order valence-electron chi connectivity index (χ3n) is 10.4. The van der Waals surface area contributed by atoms with Crippen molar-refractivity contribution in [3.8, 4) is 56.2 Å². The number of aromatic nitrogens is 2. The van der Waals surface area contributed by atoms with Gasteiger partial charge in [-0.15, -0.1) is 0 Å². The second-order valence-electron chi connectivity index (χ2n) is 14.3. The molecule has 1 aromatic heterocycles. The summed E-state index contributed by atoms with van der Waals surface area (Å²) in [7, 11) is 0. The molecule has 0 aliphatic heterocycles. The Morgan fingerprint density at radius 2 is 0.684 bits per heavy atom. The second kappa shape index (κ2) is 16.1. The van der Waals surface area contributed by atoms with Gasteiger partial charge in [0.2, 0.25) is 0 Å². The van der Waals surface area contributed by atoms with Crippen LogP contribution in [0.5, 0.6) is 0 Å². The lowest BCUT2D eigenvalue weighted by Crippen LogP contribution is -1.98. The minimum atomic E-state index is 0.701. The summed E-state index contributed by atoms with van der Waals surface area (Å²) >= 11 is 0. The third kappa shape index (κ3) is 7.76. The average molecular weight is 729 g/mol. The monoisotopic (exact) mass is 728 g/mol. The highest BCUT2D eigenvalue weighted by Crippen LogP contribution is 2.39. The van der Waals surface area contributed by atoms with Crippen LogP contribution in [-0.4, -0.2) is 9.97 Å². The third-order valence-corrected chi connectivity index (χ3v) is 10.4. The van der Waals surface area contributed by atoms with Gasteiger partial charge in [-0.2, -0.15) is 0 Å². The molecular weight excluding hydrogens is 689 g/mol. The van der Waals surface area contributed by atoms with E-state index in [1.54, 1.807) is 0 Å². The Bertz CT molecular complexity index is 2690. The number of nitrogens with zero attached hydrogens (tertiary/aromatic N) is 2. The molecule has 2 nitrogen and oxygen atoms in total. The van der Waals surface area contributed by atoms with Crippen molar-refractivity contribution in [2.75, 3.05) is 0 Å². The Morgan fingerprint density at radius 3 is 1.19 bits per heavy atom. The number of aryl methyl sites for hydroxylation is 1.